The molecule has 2 heterocycles. The van der Waals surface area contributed by atoms with Crippen LogP contribution in [0.15, 0.2) is 42.6 Å². The average Bonchev–Trinajstić information content (AvgIpc) is 2.61. The van der Waals surface area contributed by atoms with E-state index in [1.54, 1.807) is 23.1 Å². The highest BCUT2D eigenvalue weighted by atomic mass is 35.5. The monoisotopic (exact) mass is 366 g/mol. The number of aliphatic hydroxyl groups is 1. The van der Waals surface area contributed by atoms with Gasteiger partial charge in [0, 0.05) is 17.8 Å². The number of rotatable bonds is 3. The van der Waals surface area contributed by atoms with Crippen LogP contribution >= 0.6 is 23.2 Å². The van der Waals surface area contributed by atoms with Gasteiger partial charge in [-0.2, -0.15) is 0 Å². The largest absolute Gasteiger partial charge is 0.394 e. The van der Waals surface area contributed by atoms with E-state index < -0.39 is 12.1 Å². The zero-order valence-corrected chi connectivity index (χ0v) is 14.2. The standard InChI is InChI=1S/C17H16Cl2N2O3/c18-11-5-6-14(20-9-11)17(23)21-7-8-24-15(10-22)16(21)12-3-1-2-4-13(12)19/h1-6,9,15-16,22H,7-8,10H2/t15-,16-/m0/s1. The third-order valence-corrected chi connectivity index (χ3v) is 4.53. The maximum Gasteiger partial charge on any atom is 0.273 e. The summed E-state index contributed by atoms with van der Waals surface area (Å²) in [6.07, 6.45) is 0.887. The summed E-state index contributed by atoms with van der Waals surface area (Å²) in [6.45, 7) is 0.509. The van der Waals surface area contributed by atoms with E-state index in [2.05, 4.69) is 4.98 Å². The number of benzene rings is 1. The molecule has 2 atom stereocenters. The van der Waals surface area contributed by atoms with Gasteiger partial charge in [0.2, 0.25) is 0 Å². The quantitative estimate of drug-likeness (QED) is 0.906. The fourth-order valence-corrected chi connectivity index (χ4v) is 3.21. The van der Waals surface area contributed by atoms with E-state index in [1.165, 1.54) is 6.20 Å². The first kappa shape index (κ1) is 17.2. The van der Waals surface area contributed by atoms with Crippen LogP contribution in [-0.2, 0) is 4.74 Å². The Balaban J connectivity index is 1.98. The number of aliphatic hydroxyl groups excluding tert-OH is 1. The van der Waals surface area contributed by atoms with Gasteiger partial charge in [-0.3, -0.25) is 4.79 Å². The van der Waals surface area contributed by atoms with E-state index in [1.807, 2.05) is 18.2 Å². The fourth-order valence-electron chi connectivity index (χ4n) is 2.85. The third kappa shape index (κ3) is 3.39. The van der Waals surface area contributed by atoms with Crippen LogP contribution in [-0.4, -0.2) is 46.8 Å². The van der Waals surface area contributed by atoms with Gasteiger partial charge >= 0.3 is 0 Å². The highest BCUT2D eigenvalue weighted by molar-refractivity contribution is 6.31. The molecule has 0 radical (unpaired) electrons. The minimum Gasteiger partial charge on any atom is -0.394 e. The predicted molar refractivity (Wildman–Crippen MR) is 91.3 cm³/mol. The Bertz CT molecular complexity index is 724. The van der Waals surface area contributed by atoms with Crippen LogP contribution < -0.4 is 0 Å². The molecule has 2 aromatic rings. The lowest BCUT2D eigenvalue weighted by molar-refractivity contribution is -0.0812. The lowest BCUT2D eigenvalue weighted by Gasteiger charge is -2.41. The predicted octanol–water partition coefficient (Wildman–Crippen LogP) is 2.96. The van der Waals surface area contributed by atoms with Crippen molar-refractivity contribution in [3.8, 4) is 0 Å². The smallest absolute Gasteiger partial charge is 0.273 e. The van der Waals surface area contributed by atoms with E-state index in [9.17, 15) is 9.90 Å². The van der Waals surface area contributed by atoms with Gasteiger partial charge in [-0.25, -0.2) is 4.98 Å². The lowest BCUT2D eigenvalue weighted by atomic mass is 9.97. The molecule has 126 valence electrons. The summed E-state index contributed by atoms with van der Waals surface area (Å²) in [5, 5.41) is 10.7. The summed E-state index contributed by atoms with van der Waals surface area (Å²) in [7, 11) is 0. The van der Waals surface area contributed by atoms with Crippen molar-refractivity contribution in [3.05, 3.63) is 63.9 Å². The Labute approximate surface area is 149 Å². The molecule has 1 aliphatic rings. The maximum absolute atomic E-state index is 12.9. The first-order chi connectivity index (χ1) is 11.6. The fraction of sp³-hybridized carbons (Fsp3) is 0.294. The Hall–Kier alpha value is -1.66. The number of hydrogen-bond acceptors (Lipinski definition) is 4. The first-order valence-corrected chi connectivity index (χ1v) is 8.27. The van der Waals surface area contributed by atoms with Crippen molar-refractivity contribution in [2.45, 2.75) is 12.1 Å². The number of morpholine rings is 1. The Morgan fingerprint density at radius 3 is 2.75 bits per heavy atom. The lowest BCUT2D eigenvalue weighted by Crippen LogP contribution is -2.49. The van der Waals surface area contributed by atoms with Gasteiger partial charge in [0.05, 0.1) is 24.3 Å². The van der Waals surface area contributed by atoms with Gasteiger partial charge in [0.15, 0.2) is 0 Å². The van der Waals surface area contributed by atoms with Crippen LogP contribution in [0, 0.1) is 0 Å². The molecule has 0 spiro atoms. The molecular formula is C17H16Cl2N2O3. The number of amides is 1. The number of nitrogens with zero attached hydrogens (tertiary/aromatic N) is 2. The van der Waals surface area contributed by atoms with Crippen molar-refractivity contribution in [1.29, 1.82) is 0 Å². The number of pyridine rings is 1. The second-order valence-corrected chi connectivity index (χ2v) is 6.26. The summed E-state index contributed by atoms with van der Waals surface area (Å²) < 4.78 is 5.64. The van der Waals surface area contributed by atoms with E-state index >= 15 is 0 Å². The molecule has 1 saturated heterocycles. The van der Waals surface area contributed by atoms with Crippen LogP contribution in [0.2, 0.25) is 10.0 Å². The normalized spacial score (nSPS) is 20.9. The van der Waals surface area contributed by atoms with Crippen molar-refractivity contribution >= 4 is 29.1 Å². The highest BCUT2D eigenvalue weighted by Crippen LogP contribution is 2.34. The molecule has 5 nitrogen and oxygen atoms in total. The summed E-state index contributed by atoms with van der Waals surface area (Å²) >= 11 is 12.1. The average molecular weight is 367 g/mol. The minimum atomic E-state index is -0.546. The van der Waals surface area contributed by atoms with E-state index in [0.717, 1.165) is 5.56 Å². The molecule has 1 aromatic carbocycles. The van der Waals surface area contributed by atoms with Gasteiger partial charge < -0.3 is 14.7 Å². The summed E-state index contributed by atoms with van der Waals surface area (Å²) in [5.41, 5.74) is 1.02. The Morgan fingerprint density at radius 2 is 2.08 bits per heavy atom. The minimum absolute atomic E-state index is 0.215. The number of halogens is 2. The first-order valence-electron chi connectivity index (χ1n) is 7.51. The molecule has 7 heteroatoms. The van der Waals surface area contributed by atoms with Crippen LogP contribution in [0.25, 0.3) is 0 Å². The van der Waals surface area contributed by atoms with Crippen molar-refractivity contribution in [2.24, 2.45) is 0 Å². The molecule has 0 bridgehead atoms. The van der Waals surface area contributed by atoms with Gasteiger partial charge in [0.25, 0.3) is 5.91 Å². The SMILES string of the molecule is O=C(c1ccc(Cl)cn1)N1CCO[C@@H](CO)[C@@H]1c1ccccc1Cl. The molecule has 0 aliphatic carbocycles. The molecule has 1 aliphatic heterocycles. The van der Waals surface area contributed by atoms with E-state index in [0.29, 0.717) is 23.2 Å². The molecular weight excluding hydrogens is 351 g/mol. The van der Waals surface area contributed by atoms with Crippen molar-refractivity contribution < 1.29 is 14.6 Å². The molecule has 0 saturated carbocycles. The Morgan fingerprint density at radius 1 is 1.29 bits per heavy atom. The maximum atomic E-state index is 12.9. The van der Waals surface area contributed by atoms with Gasteiger partial charge in [-0.1, -0.05) is 41.4 Å². The zero-order valence-electron chi connectivity index (χ0n) is 12.7. The van der Waals surface area contributed by atoms with Crippen molar-refractivity contribution in [2.75, 3.05) is 19.8 Å². The molecule has 0 unspecified atom stereocenters. The number of hydrogen-bond donors (Lipinski definition) is 1. The van der Waals surface area contributed by atoms with Crippen molar-refractivity contribution in [3.63, 3.8) is 0 Å². The van der Waals surface area contributed by atoms with E-state index in [4.69, 9.17) is 27.9 Å². The summed E-state index contributed by atoms with van der Waals surface area (Å²) in [6, 6.07) is 9.96. The van der Waals surface area contributed by atoms with Gasteiger partial charge in [0.1, 0.15) is 11.8 Å². The van der Waals surface area contributed by atoms with Gasteiger partial charge in [-0.15, -0.1) is 0 Å². The highest BCUT2D eigenvalue weighted by Gasteiger charge is 2.37. The van der Waals surface area contributed by atoms with Crippen molar-refractivity contribution in [1.82, 2.24) is 9.88 Å². The molecule has 1 N–H and O–H groups in total. The summed E-state index contributed by atoms with van der Waals surface area (Å²) in [4.78, 5) is 18.6. The molecule has 3 rings (SSSR count). The topological polar surface area (TPSA) is 62.7 Å². The number of ether oxygens (including phenoxy) is 1. The zero-order chi connectivity index (χ0) is 17.1. The second kappa shape index (κ2) is 7.49. The molecule has 1 aromatic heterocycles. The number of carbonyl (C=O) groups excluding carboxylic acids is 1. The summed E-state index contributed by atoms with van der Waals surface area (Å²) in [5.74, 6) is -0.252. The Kier molecular flexibility index (Phi) is 5.36. The molecule has 1 amide bonds. The molecule has 24 heavy (non-hydrogen) atoms. The van der Waals surface area contributed by atoms with Crippen LogP contribution in [0.5, 0.6) is 0 Å². The van der Waals surface area contributed by atoms with Crippen LogP contribution in [0.1, 0.15) is 22.1 Å². The van der Waals surface area contributed by atoms with E-state index in [-0.39, 0.29) is 18.2 Å². The van der Waals surface area contributed by atoms with Crippen LogP contribution in [0.4, 0.5) is 0 Å². The third-order valence-electron chi connectivity index (χ3n) is 3.96. The number of aromatic nitrogens is 1. The van der Waals surface area contributed by atoms with Crippen LogP contribution in [0.3, 0.4) is 0 Å². The second-order valence-electron chi connectivity index (χ2n) is 5.42. The number of carbonyl (C=O) groups is 1. The molecule has 1 fully saturated rings. The van der Waals surface area contributed by atoms with Gasteiger partial charge in [-0.05, 0) is 23.8 Å².